The molecular weight excluding hydrogens is 310 g/mol. The summed E-state index contributed by atoms with van der Waals surface area (Å²) in [5, 5.41) is 18.9. The van der Waals surface area contributed by atoms with E-state index in [1.54, 1.807) is 13.1 Å². The van der Waals surface area contributed by atoms with Crippen molar-refractivity contribution in [2.75, 3.05) is 32.2 Å². The fourth-order valence-corrected chi connectivity index (χ4v) is 5.71. The highest BCUT2D eigenvalue weighted by atomic mass is 32.8. The van der Waals surface area contributed by atoms with Gasteiger partial charge in [0.1, 0.15) is 10.2 Å². The number of nitrogens with one attached hydrogen (secondary N) is 3. The van der Waals surface area contributed by atoms with E-state index in [0.29, 0.717) is 21.7 Å². The number of rotatable bonds is 4. The highest BCUT2D eigenvalue weighted by Crippen LogP contribution is 2.39. The minimum absolute atomic E-state index is 0.200. The maximum absolute atomic E-state index is 11.5. The summed E-state index contributed by atoms with van der Waals surface area (Å²) in [6.07, 6.45) is 0.779. The molecule has 6 nitrogen and oxygen atoms in total. The van der Waals surface area contributed by atoms with Crippen LogP contribution in [0.4, 0.5) is 5.69 Å². The van der Waals surface area contributed by atoms with Crippen LogP contribution in [0, 0.1) is 0 Å². The van der Waals surface area contributed by atoms with Gasteiger partial charge in [-0.3, -0.25) is 10.6 Å². The number of aromatic carboxylic acids is 1. The largest absolute Gasteiger partial charge is 0.478 e. The Balaban J connectivity index is 2.84. The average Bonchev–Trinajstić information content (AvgIpc) is 2.52. The molecule has 1 atom stereocenters. The normalized spacial score (nSPS) is 19.7. The van der Waals surface area contributed by atoms with Crippen molar-refractivity contribution >= 4 is 31.3 Å². The second-order valence-corrected chi connectivity index (χ2v) is 7.95. The van der Waals surface area contributed by atoms with Crippen molar-refractivity contribution in [2.24, 2.45) is 0 Å². The van der Waals surface area contributed by atoms with Crippen molar-refractivity contribution in [3.05, 3.63) is 23.3 Å². The third-order valence-electron chi connectivity index (χ3n) is 3.92. The second kappa shape index (κ2) is 6.27. The van der Waals surface area contributed by atoms with Crippen molar-refractivity contribution in [1.29, 1.82) is 0 Å². The molecule has 1 aliphatic rings. The molecule has 0 fully saturated rings. The van der Waals surface area contributed by atoms with E-state index in [0.717, 1.165) is 16.9 Å². The van der Waals surface area contributed by atoms with Crippen molar-refractivity contribution in [3.8, 4) is 0 Å². The van der Waals surface area contributed by atoms with Crippen LogP contribution in [0.25, 0.3) is 0 Å². The van der Waals surface area contributed by atoms with Crippen molar-refractivity contribution in [3.63, 3.8) is 0 Å². The highest BCUT2D eigenvalue weighted by molar-refractivity contribution is 8.31. The van der Waals surface area contributed by atoms with E-state index in [2.05, 4.69) is 16.0 Å². The lowest BCUT2D eigenvalue weighted by molar-refractivity contribution is 0.0697. The molecule has 1 heterocycles. The number of benzene rings is 1. The SMILES string of the molecule is CNc1c(C(=O)O)ccc2c1S(=S=O)CCC2(NC)NC. The van der Waals surface area contributed by atoms with Crippen LogP contribution in [-0.4, -0.2) is 42.2 Å². The first kappa shape index (κ1) is 16.2. The molecule has 0 saturated carbocycles. The molecule has 1 aliphatic heterocycles. The number of carboxylic acids is 1. The van der Waals surface area contributed by atoms with Gasteiger partial charge in [-0.05, 0) is 26.6 Å². The van der Waals surface area contributed by atoms with Crippen LogP contribution < -0.4 is 16.0 Å². The van der Waals surface area contributed by atoms with Gasteiger partial charge in [0.15, 0.2) is 0 Å². The van der Waals surface area contributed by atoms with Gasteiger partial charge < -0.3 is 10.4 Å². The van der Waals surface area contributed by atoms with Crippen molar-refractivity contribution in [1.82, 2.24) is 10.6 Å². The zero-order valence-corrected chi connectivity index (χ0v) is 13.8. The molecule has 0 radical (unpaired) electrons. The molecular formula is C13H19N3O3S2. The van der Waals surface area contributed by atoms with Crippen LogP contribution >= 0.6 is 0 Å². The Bertz CT molecular complexity index is 638. The Morgan fingerprint density at radius 3 is 2.48 bits per heavy atom. The summed E-state index contributed by atoms with van der Waals surface area (Å²) in [6.45, 7) is 0. The Hall–Kier alpha value is -1.22. The maximum Gasteiger partial charge on any atom is 0.337 e. The van der Waals surface area contributed by atoms with E-state index in [1.165, 1.54) is 0 Å². The number of hydrogen-bond acceptors (Lipinski definition) is 5. The van der Waals surface area contributed by atoms with Crippen LogP contribution in [0.1, 0.15) is 22.3 Å². The summed E-state index contributed by atoms with van der Waals surface area (Å²) >= 11 is 0. The maximum atomic E-state index is 11.5. The van der Waals surface area contributed by atoms with Crippen LogP contribution in [0.3, 0.4) is 0 Å². The molecule has 1 unspecified atom stereocenters. The summed E-state index contributed by atoms with van der Waals surface area (Å²) in [5.41, 5.74) is 1.25. The molecule has 2 rings (SSSR count). The van der Waals surface area contributed by atoms with Crippen molar-refractivity contribution < 1.29 is 14.1 Å². The Morgan fingerprint density at radius 2 is 2.00 bits per heavy atom. The Kier molecular flexibility index (Phi) is 4.82. The predicted octanol–water partition coefficient (Wildman–Crippen LogP) is 0.527. The predicted molar refractivity (Wildman–Crippen MR) is 86.0 cm³/mol. The quantitative estimate of drug-likeness (QED) is 0.603. The van der Waals surface area contributed by atoms with Gasteiger partial charge >= 0.3 is 5.97 Å². The molecule has 116 valence electrons. The summed E-state index contributed by atoms with van der Waals surface area (Å²) < 4.78 is 11.5. The Labute approximate surface area is 129 Å². The lowest BCUT2D eigenvalue weighted by Gasteiger charge is -2.40. The van der Waals surface area contributed by atoms with E-state index in [1.807, 2.05) is 20.2 Å². The molecule has 0 amide bonds. The molecule has 8 heteroatoms. The summed E-state index contributed by atoms with van der Waals surface area (Å²) in [4.78, 5) is 12.2. The minimum Gasteiger partial charge on any atom is -0.478 e. The number of hydrogen-bond donors (Lipinski definition) is 4. The van der Waals surface area contributed by atoms with E-state index >= 15 is 0 Å². The fourth-order valence-electron chi connectivity index (χ4n) is 2.78. The van der Waals surface area contributed by atoms with Crippen LogP contribution in [0.15, 0.2) is 17.0 Å². The third kappa shape index (κ3) is 2.52. The molecule has 0 aromatic heterocycles. The first-order valence-electron chi connectivity index (χ1n) is 6.52. The number of fused-ring (bicyclic) bond motifs is 1. The zero-order valence-electron chi connectivity index (χ0n) is 12.1. The van der Waals surface area contributed by atoms with Gasteiger partial charge in [0.25, 0.3) is 0 Å². The van der Waals surface area contributed by atoms with Gasteiger partial charge in [-0.2, -0.15) is 0 Å². The minimum atomic E-state index is -0.994. The standard InChI is InChI=1S/C13H19N3O3S2/c1-14-10-8(12(17)18)4-5-9-11(10)21(20-19)7-6-13(9,15-2)16-3/h4-5,14-16H,6-7H2,1-3H3,(H,17,18). The Morgan fingerprint density at radius 1 is 1.33 bits per heavy atom. The van der Waals surface area contributed by atoms with Gasteiger partial charge in [-0.15, -0.1) is 0 Å². The molecule has 0 bridgehead atoms. The van der Waals surface area contributed by atoms with E-state index < -0.39 is 21.1 Å². The molecule has 4 N–H and O–H groups in total. The van der Waals surface area contributed by atoms with Crippen LogP contribution in [0.2, 0.25) is 0 Å². The number of carboxylic acid groups (broad SMARTS) is 1. The van der Waals surface area contributed by atoms with Gasteiger partial charge in [0.05, 0.1) is 16.9 Å². The fraction of sp³-hybridized carbons (Fsp3) is 0.462. The van der Waals surface area contributed by atoms with Crippen molar-refractivity contribution in [2.45, 2.75) is 17.0 Å². The summed E-state index contributed by atoms with van der Waals surface area (Å²) in [6, 6.07) is 3.40. The molecule has 0 spiro atoms. The molecule has 21 heavy (non-hydrogen) atoms. The van der Waals surface area contributed by atoms with E-state index in [-0.39, 0.29) is 5.56 Å². The first-order valence-corrected chi connectivity index (χ1v) is 9.17. The lowest BCUT2D eigenvalue weighted by Crippen LogP contribution is -2.54. The summed E-state index contributed by atoms with van der Waals surface area (Å²) in [5.74, 6) is -0.285. The first-order chi connectivity index (χ1) is 10.0. The monoisotopic (exact) mass is 329 g/mol. The molecule has 1 aromatic carbocycles. The van der Waals surface area contributed by atoms with Gasteiger partial charge in [0, 0.05) is 23.3 Å². The van der Waals surface area contributed by atoms with Gasteiger partial charge in [0.2, 0.25) is 0 Å². The molecule has 0 saturated heterocycles. The van der Waals surface area contributed by atoms with Crippen LogP contribution in [0.5, 0.6) is 0 Å². The second-order valence-electron chi connectivity index (χ2n) is 4.69. The highest BCUT2D eigenvalue weighted by Gasteiger charge is 2.38. The molecule has 0 aliphatic carbocycles. The van der Waals surface area contributed by atoms with Gasteiger partial charge in [-0.25, -0.2) is 9.00 Å². The summed E-state index contributed by atoms with van der Waals surface area (Å²) in [7, 11) is 5.40. The topological polar surface area (TPSA) is 90.5 Å². The van der Waals surface area contributed by atoms with Gasteiger partial charge in [-0.1, -0.05) is 15.5 Å². The third-order valence-corrected chi connectivity index (χ3v) is 7.04. The van der Waals surface area contributed by atoms with E-state index in [4.69, 9.17) is 0 Å². The lowest BCUT2D eigenvalue weighted by atomic mass is 9.93. The van der Waals surface area contributed by atoms with Crippen LogP contribution in [-0.2, 0) is 25.3 Å². The zero-order chi connectivity index (χ0) is 15.6. The smallest absolute Gasteiger partial charge is 0.337 e. The van der Waals surface area contributed by atoms with E-state index in [9.17, 15) is 14.1 Å². The molecule has 1 aromatic rings. The number of carbonyl (C=O) groups is 1. The number of anilines is 1. The average molecular weight is 329 g/mol.